The van der Waals surface area contributed by atoms with Crippen LogP contribution in [0.15, 0.2) is 59.5 Å². The molecule has 0 spiro atoms. The van der Waals surface area contributed by atoms with Crippen LogP contribution in [-0.4, -0.2) is 25.5 Å². The van der Waals surface area contributed by atoms with Gasteiger partial charge in [0.25, 0.3) is 0 Å². The molecule has 2 N–H and O–H groups in total. The molecule has 0 saturated carbocycles. The summed E-state index contributed by atoms with van der Waals surface area (Å²) in [5.74, 6) is -1.39. The number of hydrogen-bond donors (Lipinski definition) is 2. The molecule has 0 aliphatic heterocycles. The topological polar surface area (TPSA) is 83.5 Å². The molecule has 0 aliphatic rings. The van der Waals surface area contributed by atoms with E-state index in [-0.39, 0.29) is 6.42 Å². The summed E-state index contributed by atoms with van der Waals surface area (Å²) >= 11 is 0. The lowest BCUT2D eigenvalue weighted by atomic mass is 10.1. The van der Waals surface area contributed by atoms with E-state index in [9.17, 15) is 31.5 Å². The molecule has 0 aliphatic carbocycles. The lowest BCUT2D eigenvalue weighted by molar-refractivity contribution is -0.139. The zero-order chi connectivity index (χ0) is 18.7. The number of carbonyl (C=O) groups is 1. The standard InChI is InChI=1S/C16H14F3NO4S/c17-16(18,19)12-6-8-13(9-7-12)25(23,24)20-14(15(21)22)10-11-4-2-1-3-5-11/h1-9,14,20H,10H2,(H,21,22). The Morgan fingerprint density at radius 3 is 2.08 bits per heavy atom. The summed E-state index contributed by atoms with van der Waals surface area (Å²) in [7, 11) is -4.29. The van der Waals surface area contributed by atoms with Crippen molar-refractivity contribution >= 4 is 16.0 Å². The fourth-order valence-corrected chi connectivity index (χ4v) is 3.30. The van der Waals surface area contributed by atoms with Gasteiger partial charge in [-0.1, -0.05) is 30.3 Å². The quantitative estimate of drug-likeness (QED) is 0.816. The van der Waals surface area contributed by atoms with Gasteiger partial charge in [0.1, 0.15) is 6.04 Å². The third kappa shape index (κ3) is 5.04. The van der Waals surface area contributed by atoms with Crippen molar-refractivity contribution < 1.29 is 31.5 Å². The molecule has 134 valence electrons. The number of nitrogens with one attached hydrogen (secondary N) is 1. The SMILES string of the molecule is O=C(O)C(Cc1ccccc1)NS(=O)(=O)c1ccc(C(F)(F)F)cc1. The van der Waals surface area contributed by atoms with Crippen molar-refractivity contribution in [3.63, 3.8) is 0 Å². The van der Waals surface area contributed by atoms with Crippen LogP contribution < -0.4 is 4.72 Å². The molecule has 2 aromatic carbocycles. The summed E-state index contributed by atoms with van der Waals surface area (Å²) in [6.07, 6.45) is -4.69. The molecule has 0 aromatic heterocycles. The van der Waals surface area contributed by atoms with Crippen molar-refractivity contribution in [2.75, 3.05) is 0 Å². The lowest BCUT2D eigenvalue weighted by Gasteiger charge is -2.15. The van der Waals surface area contributed by atoms with Gasteiger partial charge in [0, 0.05) is 0 Å². The summed E-state index contributed by atoms with van der Waals surface area (Å²) in [6.45, 7) is 0. The third-order valence-electron chi connectivity index (χ3n) is 3.37. The molecule has 0 saturated heterocycles. The number of hydrogen-bond acceptors (Lipinski definition) is 3. The van der Waals surface area contributed by atoms with Crippen molar-refractivity contribution in [1.82, 2.24) is 4.72 Å². The van der Waals surface area contributed by atoms with E-state index in [1.54, 1.807) is 30.3 Å². The van der Waals surface area contributed by atoms with E-state index >= 15 is 0 Å². The van der Waals surface area contributed by atoms with Gasteiger partial charge in [-0.15, -0.1) is 0 Å². The summed E-state index contributed by atoms with van der Waals surface area (Å²) in [6, 6.07) is 9.74. The fourth-order valence-electron chi connectivity index (χ4n) is 2.11. The molecule has 0 amide bonds. The van der Waals surface area contributed by atoms with E-state index in [0.29, 0.717) is 17.7 Å². The van der Waals surface area contributed by atoms with Gasteiger partial charge in [-0.3, -0.25) is 4.79 Å². The van der Waals surface area contributed by atoms with Crippen molar-refractivity contribution in [1.29, 1.82) is 0 Å². The molecule has 5 nitrogen and oxygen atoms in total. The minimum absolute atomic E-state index is 0.101. The van der Waals surface area contributed by atoms with Gasteiger partial charge in [-0.25, -0.2) is 8.42 Å². The first-order chi connectivity index (χ1) is 11.6. The van der Waals surface area contributed by atoms with E-state index in [0.717, 1.165) is 12.1 Å². The highest BCUT2D eigenvalue weighted by Crippen LogP contribution is 2.29. The van der Waals surface area contributed by atoms with Crippen LogP contribution in [0.5, 0.6) is 0 Å². The predicted molar refractivity (Wildman–Crippen MR) is 83.3 cm³/mol. The van der Waals surface area contributed by atoms with Crippen LogP contribution in [0.3, 0.4) is 0 Å². The first-order valence-corrected chi connectivity index (χ1v) is 8.54. The second-order valence-electron chi connectivity index (χ2n) is 5.22. The van der Waals surface area contributed by atoms with Gasteiger partial charge in [-0.05, 0) is 36.2 Å². The van der Waals surface area contributed by atoms with E-state index in [1.165, 1.54) is 0 Å². The second-order valence-corrected chi connectivity index (χ2v) is 6.94. The lowest BCUT2D eigenvalue weighted by Crippen LogP contribution is -2.42. The largest absolute Gasteiger partial charge is 0.480 e. The Morgan fingerprint density at radius 1 is 1.04 bits per heavy atom. The maximum absolute atomic E-state index is 12.5. The summed E-state index contributed by atoms with van der Waals surface area (Å²) in [4.78, 5) is 10.9. The Hall–Kier alpha value is -2.39. The molecule has 0 radical (unpaired) electrons. The van der Waals surface area contributed by atoms with Gasteiger partial charge in [0.05, 0.1) is 10.5 Å². The molecule has 2 rings (SSSR count). The summed E-state index contributed by atoms with van der Waals surface area (Å²) < 4.78 is 64.1. The van der Waals surface area contributed by atoms with E-state index in [2.05, 4.69) is 0 Å². The van der Waals surface area contributed by atoms with Crippen LogP contribution in [0.1, 0.15) is 11.1 Å². The minimum atomic E-state index is -4.59. The van der Waals surface area contributed by atoms with Crippen LogP contribution >= 0.6 is 0 Å². The molecular formula is C16H14F3NO4S. The maximum atomic E-state index is 12.5. The van der Waals surface area contributed by atoms with Crippen LogP contribution in [0.25, 0.3) is 0 Å². The Bertz CT molecular complexity index is 834. The number of rotatable bonds is 6. The molecule has 0 heterocycles. The number of benzene rings is 2. The van der Waals surface area contributed by atoms with Gasteiger partial charge < -0.3 is 5.11 Å². The number of aliphatic carboxylic acids is 1. The highest BCUT2D eigenvalue weighted by molar-refractivity contribution is 7.89. The highest BCUT2D eigenvalue weighted by atomic mass is 32.2. The van der Waals surface area contributed by atoms with Gasteiger partial charge in [0.15, 0.2) is 0 Å². The van der Waals surface area contributed by atoms with E-state index in [1.807, 2.05) is 4.72 Å². The van der Waals surface area contributed by atoms with Crippen molar-refractivity contribution in [2.24, 2.45) is 0 Å². The monoisotopic (exact) mass is 373 g/mol. The van der Waals surface area contributed by atoms with Crippen molar-refractivity contribution in [3.8, 4) is 0 Å². The van der Waals surface area contributed by atoms with Crippen molar-refractivity contribution in [3.05, 3.63) is 65.7 Å². The van der Waals surface area contributed by atoms with Gasteiger partial charge >= 0.3 is 12.1 Å². The molecule has 0 bridgehead atoms. The molecule has 1 unspecified atom stereocenters. The van der Waals surface area contributed by atoms with Crippen LogP contribution in [-0.2, 0) is 27.4 Å². The Kier molecular flexibility index (Phi) is 5.48. The van der Waals surface area contributed by atoms with E-state index < -0.39 is 38.7 Å². The number of carboxylic acids is 1. The normalized spacial score (nSPS) is 13.4. The zero-order valence-electron chi connectivity index (χ0n) is 12.7. The average Bonchev–Trinajstić information content (AvgIpc) is 2.54. The average molecular weight is 373 g/mol. The number of halogens is 3. The molecule has 2 aromatic rings. The number of sulfonamides is 1. The second kappa shape index (κ2) is 7.24. The predicted octanol–water partition coefficient (Wildman–Crippen LogP) is 2.68. The summed E-state index contributed by atoms with van der Waals surface area (Å²) in [5.41, 5.74) is -0.393. The molecular weight excluding hydrogens is 359 g/mol. The van der Waals surface area contributed by atoms with Gasteiger partial charge in [-0.2, -0.15) is 17.9 Å². The van der Waals surface area contributed by atoms with E-state index in [4.69, 9.17) is 0 Å². The smallest absolute Gasteiger partial charge is 0.416 e. The maximum Gasteiger partial charge on any atom is 0.416 e. The summed E-state index contributed by atoms with van der Waals surface area (Å²) in [5, 5.41) is 9.22. The van der Waals surface area contributed by atoms with Gasteiger partial charge in [0.2, 0.25) is 10.0 Å². The Balaban J connectivity index is 2.21. The van der Waals surface area contributed by atoms with Crippen LogP contribution in [0.2, 0.25) is 0 Å². The third-order valence-corrected chi connectivity index (χ3v) is 4.86. The van der Waals surface area contributed by atoms with Crippen LogP contribution in [0.4, 0.5) is 13.2 Å². The molecule has 25 heavy (non-hydrogen) atoms. The minimum Gasteiger partial charge on any atom is -0.480 e. The Morgan fingerprint density at radius 2 is 1.60 bits per heavy atom. The first kappa shape index (κ1) is 18.9. The number of carboxylic acid groups (broad SMARTS) is 1. The van der Waals surface area contributed by atoms with Crippen molar-refractivity contribution in [2.45, 2.75) is 23.5 Å². The molecule has 1 atom stereocenters. The zero-order valence-corrected chi connectivity index (χ0v) is 13.5. The molecule has 0 fully saturated rings. The number of alkyl halides is 3. The Labute approximate surface area is 142 Å². The van der Waals surface area contributed by atoms with Crippen LogP contribution in [0, 0.1) is 0 Å². The highest BCUT2D eigenvalue weighted by Gasteiger charge is 2.31. The molecule has 9 heteroatoms. The fraction of sp³-hybridized carbons (Fsp3) is 0.188. The first-order valence-electron chi connectivity index (χ1n) is 7.06.